The lowest BCUT2D eigenvalue weighted by molar-refractivity contribution is 0.0791. The first kappa shape index (κ1) is 21.7. The maximum atomic E-state index is 13.1. The number of nitrogens with zero attached hydrogens (tertiary/aromatic N) is 3. The first-order chi connectivity index (χ1) is 15.9. The van der Waals surface area contributed by atoms with Crippen molar-refractivity contribution in [3.05, 3.63) is 75.3 Å². The summed E-state index contributed by atoms with van der Waals surface area (Å²) in [7, 11) is 0. The minimum atomic E-state index is -0.206. The van der Waals surface area contributed by atoms with Crippen LogP contribution in [-0.4, -0.2) is 39.6 Å². The number of benzene rings is 2. The lowest BCUT2D eigenvalue weighted by atomic mass is 10.1. The number of nitrogens with one attached hydrogen (secondary N) is 1. The molecule has 0 radical (unpaired) electrons. The number of halogens is 1. The zero-order valence-corrected chi connectivity index (χ0v) is 20.0. The summed E-state index contributed by atoms with van der Waals surface area (Å²) in [5.74, 6) is -0.178. The molecule has 6 nitrogen and oxygen atoms in total. The molecular formula is C25H23ClN4O2S. The van der Waals surface area contributed by atoms with E-state index in [0.29, 0.717) is 21.2 Å². The molecule has 0 unspecified atom stereocenters. The summed E-state index contributed by atoms with van der Waals surface area (Å²) in [5.41, 5.74) is 3.76. The molecule has 168 valence electrons. The molecule has 1 aliphatic rings. The molecule has 0 spiro atoms. The Hall–Kier alpha value is -3.16. The Kier molecular flexibility index (Phi) is 5.68. The molecule has 1 fully saturated rings. The first-order valence-electron chi connectivity index (χ1n) is 10.9. The number of hydrogen-bond donors (Lipinski definition) is 1. The second-order valence-electron chi connectivity index (χ2n) is 8.24. The third-order valence-corrected chi connectivity index (χ3v) is 7.37. The van der Waals surface area contributed by atoms with Gasteiger partial charge in [-0.2, -0.15) is 5.10 Å². The van der Waals surface area contributed by atoms with Gasteiger partial charge in [0.2, 0.25) is 0 Å². The number of fused-ring (bicyclic) bond motifs is 1. The zero-order chi connectivity index (χ0) is 23.1. The van der Waals surface area contributed by atoms with Crippen molar-refractivity contribution in [3.8, 4) is 5.69 Å². The Morgan fingerprint density at radius 1 is 1.06 bits per heavy atom. The average Bonchev–Trinajstić information content (AvgIpc) is 3.53. The van der Waals surface area contributed by atoms with E-state index in [1.54, 1.807) is 0 Å². The highest BCUT2D eigenvalue weighted by Gasteiger charge is 2.23. The Balaban J connectivity index is 1.44. The lowest BCUT2D eigenvalue weighted by Crippen LogP contribution is -2.28. The molecule has 5 rings (SSSR count). The van der Waals surface area contributed by atoms with Gasteiger partial charge in [-0.15, -0.1) is 11.3 Å². The molecule has 2 aromatic heterocycles. The molecule has 0 bridgehead atoms. The van der Waals surface area contributed by atoms with Crippen LogP contribution >= 0.6 is 22.9 Å². The Morgan fingerprint density at radius 3 is 2.58 bits per heavy atom. The van der Waals surface area contributed by atoms with Gasteiger partial charge >= 0.3 is 0 Å². The molecular weight excluding hydrogens is 456 g/mol. The van der Waals surface area contributed by atoms with Crippen LogP contribution in [-0.2, 0) is 0 Å². The SMILES string of the molecule is Cc1c(NC(=O)c2cc3c(C)nn(-c4cccc(Cl)c4)c3s2)cccc1C(=O)N1CCCC1. The van der Waals surface area contributed by atoms with Gasteiger partial charge in [-0.3, -0.25) is 9.59 Å². The van der Waals surface area contributed by atoms with Crippen molar-refractivity contribution in [1.29, 1.82) is 0 Å². The normalized spacial score (nSPS) is 13.6. The van der Waals surface area contributed by atoms with E-state index in [1.807, 2.05) is 72.0 Å². The van der Waals surface area contributed by atoms with Crippen LogP contribution in [0.15, 0.2) is 48.5 Å². The Labute approximate surface area is 200 Å². The van der Waals surface area contributed by atoms with Gasteiger partial charge in [-0.1, -0.05) is 23.7 Å². The molecule has 0 saturated carbocycles. The highest BCUT2D eigenvalue weighted by Crippen LogP contribution is 2.32. The van der Waals surface area contributed by atoms with Gasteiger partial charge in [0, 0.05) is 34.7 Å². The van der Waals surface area contributed by atoms with Gasteiger partial charge in [-0.05, 0) is 68.7 Å². The van der Waals surface area contributed by atoms with Crippen LogP contribution in [0.3, 0.4) is 0 Å². The van der Waals surface area contributed by atoms with Crippen LogP contribution in [0.2, 0.25) is 5.02 Å². The number of amides is 2. The summed E-state index contributed by atoms with van der Waals surface area (Å²) in [5, 5.41) is 9.18. The van der Waals surface area contributed by atoms with E-state index in [4.69, 9.17) is 11.6 Å². The highest BCUT2D eigenvalue weighted by atomic mass is 35.5. The number of aromatic nitrogens is 2. The number of thiophene rings is 1. The Morgan fingerprint density at radius 2 is 1.82 bits per heavy atom. The zero-order valence-electron chi connectivity index (χ0n) is 18.4. The van der Waals surface area contributed by atoms with Crippen LogP contribution in [0.4, 0.5) is 5.69 Å². The van der Waals surface area contributed by atoms with E-state index in [1.165, 1.54) is 11.3 Å². The number of aryl methyl sites for hydroxylation is 1. The molecule has 1 aliphatic heterocycles. The molecule has 8 heteroatoms. The number of rotatable bonds is 4. The van der Waals surface area contributed by atoms with Crippen molar-refractivity contribution in [2.75, 3.05) is 18.4 Å². The summed E-state index contributed by atoms with van der Waals surface area (Å²) in [6, 6.07) is 14.8. The Bertz CT molecular complexity index is 1380. The molecule has 0 atom stereocenters. The lowest BCUT2D eigenvalue weighted by Gasteiger charge is -2.18. The number of carbonyl (C=O) groups excluding carboxylic acids is 2. The fourth-order valence-electron chi connectivity index (χ4n) is 4.22. The van der Waals surface area contributed by atoms with E-state index in [-0.39, 0.29) is 11.8 Å². The largest absolute Gasteiger partial charge is 0.339 e. The van der Waals surface area contributed by atoms with E-state index < -0.39 is 0 Å². The minimum Gasteiger partial charge on any atom is -0.339 e. The predicted octanol–water partition coefficient (Wildman–Crippen LogP) is 5.85. The van der Waals surface area contributed by atoms with Crippen molar-refractivity contribution in [2.45, 2.75) is 26.7 Å². The predicted molar refractivity (Wildman–Crippen MR) is 133 cm³/mol. The maximum absolute atomic E-state index is 13.1. The van der Waals surface area contributed by atoms with Crippen LogP contribution < -0.4 is 5.32 Å². The van der Waals surface area contributed by atoms with E-state index >= 15 is 0 Å². The van der Waals surface area contributed by atoms with E-state index in [2.05, 4.69) is 10.4 Å². The van der Waals surface area contributed by atoms with Gasteiger partial charge in [0.15, 0.2) is 0 Å². The molecule has 3 heterocycles. The molecule has 2 amide bonds. The van der Waals surface area contributed by atoms with Crippen molar-refractivity contribution in [3.63, 3.8) is 0 Å². The smallest absolute Gasteiger partial charge is 0.265 e. The third kappa shape index (κ3) is 4.03. The fourth-order valence-corrected chi connectivity index (χ4v) is 5.48. The van der Waals surface area contributed by atoms with Gasteiger partial charge in [0.25, 0.3) is 11.8 Å². The fraction of sp³-hybridized carbons (Fsp3) is 0.240. The van der Waals surface area contributed by atoms with Crippen LogP contribution in [0.1, 0.15) is 44.1 Å². The number of anilines is 1. The van der Waals surface area contributed by atoms with Crippen LogP contribution in [0.25, 0.3) is 15.9 Å². The standard InChI is InChI=1S/C25H23ClN4O2S/c1-15-19(24(32)29-11-3-4-12-29)9-6-10-21(15)27-23(31)22-14-20-16(2)28-30(25(20)33-22)18-8-5-7-17(26)13-18/h5-10,13-14H,3-4,11-12H2,1-2H3,(H,27,31). The summed E-state index contributed by atoms with van der Waals surface area (Å²) < 4.78 is 1.82. The second kappa shape index (κ2) is 8.65. The van der Waals surface area contributed by atoms with Crippen molar-refractivity contribution < 1.29 is 9.59 Å². The van der Waals surface area contributed by atoms with Gasteiger partial charge in [-0.25, -0.2) is 4.68 Å². The van der Waals surface area contributed by atoms with Crippen molar-refractivity contribution in [2.24, 2.45) is 0 Å². The topological polar surface area (TPSA) is 67.2 Å². The van der Waals surface area contributed by atoms with Crippen LogP contribution in [0.5, 0.6) is 0 Å². The van der Waals surface area contributed by atoms with Gasteiger partial charge < -0.3 is 10.2 Å². The first-order valence-corrected chi connectivity index (χ1v) is 12.1. The van der Waals surface area contributed by atoms with E-state index in [0.717, 1.165) is 53.1 Å². The van der Waals surface area contributed by atoms with Crippen LogP contribution in [0, 0.1) is 13.8 Å². The van der Waals surface area contributed by atoms with Gasteiger partial charge in [0.05, 0.1) is 16.3 Å². The monoisotopic (exact) mass is 478 g/mol. The molecule has 33 heavy (non-hydrogen) atoms. The van der Waals surface area contributed by atoms with Crippen molar-refractivity contribution >= 4 is 50.7 Å². The molecule has 0 aliphatic carbocycles. The summed E-state index contributed by atoms with van der Waals surface area (Å²) in [6.07, 6.45) is 2.08. The molecule has 1 saturated heterocycles. The minimum absolute atomic E-state index is 0.0280. The summed E-state index contributed by atoms with van der Waals surface area (Å²) in [6.45, 7) is 5.39. The molecule has 2 aromatic carbocycles. The quantitative estimate of drug-likeness (QED) is 0.400. The number of likely N-dealkylation sites (tertiary alicyclic amines) is 1. The summed E-state index contributed by atoms with van der Waals surface area (Å²) >= 11 is 7.54. The average molecular weight is 479 g/mol. The molecule has 1 N–H and O–H groups in total. The number of carbonyl (C=O) groups is 2. The summed E-state index contributed by atoms with van der Waals surface area (Å²) in [4.78, 5) is 29.4. The second-order valence-corrected chi connectivity index (χ2v) is 9.71. The molecule has 4 aromatic rings. The van der Waals surface area contributed by atoms with Gasteiger partial charge in [0.1, 0.15) is 4.83 Å². The van der Waals surface area contributed by atoms with E-state index in [9.17, 15) is 9.59 Å². The third-order valence-electron chi connectivity index (χ3n) is 6.03. The van der Waals surface area contributed by atoms with Crippen molar-refractivity contribution in [1.82, 2.24) is 14.7 Å². The number of hydrogen-bond acceptors (Lipinski definition) is 4. The highest BCUT2D eigenvalue weighted by molar-refractivity contribution is 7.20. The maximum Gasteiger partial charge on any atom is 0.265 e.